The predicted octanol–water partition coefficient (Wildman–Crippen LogP) is 6.75. The Morgan fingerprint density at radius 2 is 1.73 bits per heavy atom. The number of fused-ring (bicyclic) bond motifs is 5. The third-order valence-corrected chi connectivity index (χ3v) is 11.1. The third-order valence-electron chi connectivity index (χ3n) is 11.1. The Bertz CT molecular complexity index is 668. The molecule has 2 N–H and O–H groups in total. The normalized spacial score (nSPS) is 49.2. The summed E-state index contributed by atoms with van der Waals surface area (Å²) in [6.07, 6.45) is 13.9. The fourth-order valence-corrected chi connectivity index (χ4v) is 8.87. The summed E-state index contributed by atoms with van der Waals surface area (Å²) >= 11 is 0. The van der Waals surface area contributed by atoms with Gasteiger partial charge in [-0.1, -0.05) is 72.5 Å². The van der Waals surface area contributed by atoms with Gasteiger partial charge in [0, 0.05) is 5.41 Å². The Morgan fingerprint density at radius 3 is 2.43 bits per heavy atom. The molecule has 0 radical (unpaired) electrons. The second-order valence-corrected chi connectivity index (χ2v) is 12.9. The average Bonchev–Trinajstić information content (AvgIpc) is 2.89. The van der Waals surface area contributed by atoms with Crippen molar-refractivity contribution in [3.8, 4) is 0 Å². The Kier molecular flexibility index (Phi) is 6.02. The van der Waals surface area contributed by atoms with Gasteiger partial charge in [-0.2, -0.15) is 0 Å². The predicted molar refractivity (Wildman–Crippen MR) is 125 cm³/mol. The molecule has 2 heteroatoms. The molecule has 172 valence electrons. The zero-order valence-corrected chi connectivity index (χ0v) is 20.6. The molecular formula is C28H48O2. The van der Waals surface area contributed by atoms with E-state index in [4.69, 9.17) is 0 Å². The minimum Gasteiger partial charge on any atom is -0.393 e. The number of aliphatic hydroxyl groups excluding tert-OH is 2. The van der Waals surface area contributed by atoms with Crippen molar-refractivity contribution in [3.05, 3.63) is 11.6 Å². The summed E-state index contributed by atoms with van der Waals surface area (Å²) in [5.41, 5.74) is 2.06. The van der Waals surface area contributed by atoms with E-state index in [-0.39, 0.29) is 23.0 Å². The first-order valence-electron chi connectivity index (χ1n) is 13.1. The summed E-state index contributed by atoms with van der Waals surface area (Å²) in [4.78, 5) is 0. The average molecular weight is 417 g/mol. The molecule has 0 heterocycles. The van der Waals surface area contributed by atoms with E-state index in [9.17, 15) is 10.2 Å². The lowest BCUT2D eigenvalue weighted by atomic mass is 9.43. The summed E-state index contributed by atoms with van der Waals surface area (Å²) in [6.45, 7) is 14.6. The summed E-state index contributed by atoms with van der Waals surface area (Å²) in [5, 5.41) is 21.8. The van der Waals surface area contributed by atoms with Gasteiger partial charge in [0.05, 0.1) is 12.2 Å². The van der Waals surface area contributed by atoms with Crippen molar-refractivity contribution >= 4 is 0 Å². The Hall–Kier alpha value is -0.340. The quantitative estimate of drug-likeness (QED) is 0.487. The Morgan fingerprint density at radius 1 is 1.00 bits per heavy atom. The molecule has 4 aliphatic rings. The van der Waals surface area contributed by atoms with Crippen molar-refractivity contribution < 1.29 is 10.2 Å². The van der Waals surface area contributed by atoms with Gasteiger partial charge in [-0.25, -0.2) is 0 Å². The van der Waals surface area contributed by atoms with Crippen LogP contribution in [0.4, 0.5) is 0 Å². The second-order valence-electron chi connectivity index (χ2n) is 12.9. The van der Waals surface area contributed by atoms with Crippen LogP contribution in [-0.4, -0.2) is 22.4 Å². The molecule has 0 aromatic rings. The SMILES string of the molecule is CC(C)CCC[C@@H](C)[C@H]1C[C@H](O)[C@@]2(C)C3=CC[C@H]4C[C@@H](O)CC[C@]4(C)[C@H]3CC[C@]12C. The molecule has 0 bridgehead atoms. The third kappa shape index (κ3) is 3.26. The molecule has 0 saturated heterocycles. The smallest absolute Gasteiger partial charge is 0.0639 e. The number of rotatable bonds is 5. The van der Waals surface area contributed by atoms with Crippen LogP contribution in [0.25, 0.3) is 0 Å². The first kappa shape index (κ1) is 22.8. The van der Waals surface area contributed by atoms with Crippen LogP contribution in [0.1, 0.15) is 106 Å². The molecule has 30 heavy (non-hydrogen) atoms. The molecule has 3 saturated carbocycles. The van der Waals surface area contributed by atoms with Crippen molar-refractivity contribution in [1.82, 2.24) is 0 Å². The molecule has 9 atom stereocenters. The van der Waals surface area contributed by atoms with E-state index >= 15 is 0 Å². The standard InChI is InChI=1S/C28H48O2/c1-18(2)8-7-9-19(3)24-17-25(30)28(6)23-11-10-20-16-21(29)12-14-26(20,4)22(23)13-15-27(24,28)5/h11,18-22,24-25,29-30H,7-10,12-17H2,1-6H3/t19-,20+,21+,22+,24-,25+,26+,27-,28-/m1/s1. The molecule has 0 spiro atoms. The molecule has 3 fully saturated rings. The van der Waals surface area contributed by atoms with E-state index < -0.39 is 0 Å². The summed E-state index contributed by atoms with van der Waals surface area (Å²) in [5.74, 6) is 3.33. The van der Waals surface area contributed by atoms with Crippen molar-refractivity contribution in [2.75, 3.05) is 0 Å². The van der Waals surface area contributed by atoms with Gasteiger partial charge in [0.25, 0.3) is 0 Å². The largest absolute Gasteiger partial charge is 0.393 e. The zero-order chi connectivity index (χ0) is 21.9. The highest BCUT2D eigenvalue weighted by Gasteiger charge is 2.66. The van der Waals surface area contributed by atoms with Crippen LogP contribution < -0.4 is 0 Å². The molecule has 4 aliphatic carbocycles. The maximum Gasteiger partial charge on any atom is 0.0639 e. The maximum atomic E-state index is 11.6. The monoisotopic (exact) mass is 416 g/mol. The molecule has 4 rings (SSSR count). The van der Waals surface area contributed by atoms with Crippen LogP contribution >= 0.6 is 0 Å². The lowest BCUT2D eigenvalue weighted by molar-refractivity contribution is -0.0819. The summed E-state index contributed by atoms with van der Waals surface area (Å²) in [7, 11) is 0. The van der Waals surface area contributed by atoms with E-state index in [1.807, 2.05) is 0 Å². The minimum atomic E-state index is -0.205. The fourth-order valence-electron chi connectivity index (χ4n) is 8.87. The van der Waals surface area contributed by atoms with Crippen molar-refractivity contribution in [3.63, 3.8) is 0 Å². The highest BCUT2D eigenvalue weighted by molar-refractivity contribution is 5.34. The van der Waals surface area contributed by atoms with Gasteiger partial charge in [0.1, 0.15) is 0 Å². The van der Waals surface area contributed by atoms with Crippen LogP contribution in [-0.2, 0) is 0 Å². The van der Waals surface area contributed by atoms with E-state index in [0.717, 1.165) is 38.0 Å². The van der Waals surface area contributed by atoms with Crippen LogP contribution in [0.15, 0.2) is 11.6 Å². The van der Waals surface area contributed by atoms with Gasteiger partial charge < -0.3 is 10.2 Å². The Balaban J connectivity index is 1.61. The molecular weight excluding hydrogens is 368 g/mol. The highest BCUT2D eigenvalue weighted by atomic mass is 16.3. The van der Waals surface area contributed by atoms with Gasteiger partial charge in [-0.05, 0) is 85.4 Å². The second kappa shape index (κ2) is 7.91. The van der Waals surface area contributed by atoms with Crippen LogP contribution in [0.2, 0.25) is 0 Å². The molecule has 0 aliphatic heterocycles. The molecule has 0 amide bonds. The van der Waals surface area contributed by atoms with E-state index in [1.54, 1.807) is 5.57 Å². The first-order chi connectivity index (χ1) is 14.0. The van der Waals surface area contributed by atoms with Crippen LogP contribution in [0.3, 0.4) is 0 Å². The lowest BCUT2D eigenvalue weighted by Gasteiger charge is -2.61. The summed E-state index contributed by atoms with van der Waals surface area (Å²) < 4.78 is 0. The van der Waals surface area contributed by atoms with Crippen LogP contribution in [0, 0.1) is 45.8 Å². The van der Waals surface area contributed by atoms with Crippen LogP contribution in [0.5, 0.6) is 0 Å². The van der Waals surface area contributed by atoms with E-state index in [0.29, 0.717) is 29.1 Å². The van der Waals surface area contributed by atoms with Gasteiger partial charge in [0.2, 0.25) is 0 Å². The number of hydrogen-bond donors (Lipinski definition) is 2. The van der Waals surface area contributed by atoms with Gasteiger partial charge in [-0.15, -0.1) is 0 Å². The Labute approximate surface area is 185 Å². The molecule has 0 aromatic heterocycles. The van der Waals surface area contributed by atoms with Gasteiger partial charge in [0.15, 0.2) is 0 Å². The summed E-state index contributed by atoms with van der Waals surface area (Å²) in [6, 6.07) is 0. The number of hydrogen-bond acceptors (Lipinski definition) is 2. The molecule has 0 aromatic carbocycles. The van der Waals surface area contributed by atoms with Gasteiger partial charge in [-0.3, -0.25) is 0 Å². The number of aliphatic hydroxyl groups is 2. The van der Waals surface area contributed by atoms with E-state index in [2.05, 4.69) is 47.6 Å². The van der Waals surface area contributed by atoms with Crippen molar-refractivity contribution in [2.45, 2.75) is 118 Å². The topological polar surface area (TPSA) is 40.5 Å². The highest BCUT2D eigenvalue weighted by Crippen LogP contribution is 2.72. The van der Waals surface area contributed by atoms with E-state index in [1.165, 1.54) is 32.1 Å². The maximum absolute atomic E-state index is 11.6. The zero-order valence-electron chi connectivity index (χ0n) is 20.6. The molecule has 0 unspecified atom stereocenters. The van der Waals surface area contributed by atoms with Crippen molar-refractivity contribution in [2.24, 2.45) is 45.8 Å². The minimum absolute atomic E-state index is 0.0725. The first-order valence-corrected chi connectivity index (χ1v) is 13.1. The number of allylic oxidation sites excluding steroid dienone is 1. The lowest BCUT2D eigenvalue weighted by Crippen LogP contribution is -2.55. The fraction of sp³-hybridized carbons (Fsp3) is 0.929. The van der Waals surface area contributed by atoms with Gasteiger partial charge >= 0.3 is 0 Å². The van der Waals surface area contributed by atoms with Crippen molar-refractivity contribution in [1.29, 1.82) is 0 Å². The molecule has 2 nitrogen and oxygen atoms in total.